The van der Waals surface area contributed by atoms with Gasteiger partial charge in [0.2, 0.25) is 0 Å². The molecule has 0 saturated heterocycles. The summed E-state index contributed by atoms with van der Waals surface area (Å²) >= 11 is 0. The molecule has 0 aromatic carbocycles. The zero-order valence-corrected chi connectivity index (χ0v) is 17.9. The molecule has 0 aliphatic heterocycles. The Bertz CT molecular complexity index is 988. The fourth-order valence-electron chi connectivity index (χ4n) is 2.23. The summed E-state index contributed by atoms with van der Waals surface area (Å²) < 4.78 is 245. The van der Waals surface area contributed by atoms with Crippen LogP contribution in [0.2, 0.25) is 0 Å². The van der Waals surface area contributed by atoms with Gasteiger partial charge in [-0.05, 0) is 0 Å². The van der Waals surface area contributed by atoms with Crippen LogP contribution >= 0.6 is 0 Å². The summed E-state index contributed by atoms with van der Waals surface area (Å²) in [6, 6.07) is 0. The third-order valence-electron chi connectivity index (χ3n) is 4.35. The molecule has 0 amide bonds. The minimum atomic E-state index is -7.74. The number of hydrogen-bond acceptors (Lipinski definition) is 5. The van der Waals surface area contributed by atoms with Gasteiger partial charge in [-0.25, -0.2) is 17.6 Å². The predicted octanol–water partition coefficient (Wildman–Crippen LogP) is 3.71. The van der Waals surface area contributed by atoms with E-state index in [2.05, 4.69) is 4.74 Å². The summed E-state index contributed by atoms with van der Waals surface area (Å²) in [6.07, 6.45) is -23.7. The second-order valence-electron chi connectivity index (χ2n) is 7.05. The molecule has 2 atom stereocenters. The Morgan fingerprint density at radius 3 is 1.38 bits per heavy atom. The molecule has 0 aromatic rings. The molecule has 7 nitrogen and oxygen atoms in total. The van der Waals surface area contributed by atoms with Crippen molar-refractivity contribution in [3.8, 4) is 0 Å². The molecular weight excluding hydrogens is 639 g/mol. The van der Waals surface area contributed by atoms with Crippen LogP contribution in [0, 0.1) is 0 Å². The predicted molar refractivity (Wildman–Crippen MR) is 90.9 cm³/mol. The number of rotatable bonds is 14. The number of aliphatic carboxylic acids is 1. The average Bonchev–Trinajstić information content (AvgIpc) is 2.69. The average molecular weight is 650 g/mol. The monoisotopic (exact) mass is 650 g/mol. The molecule has 0 aliphatic carbocycles. The maximum atomic E-state index is 14.2. The molecule has 0 spiro atoms. The normalized spacial score (nSPS) is 16.1. The molecular formula is C14H11F16NaO7S. The SMILES string of the molecule is O=C(O)CC(C(=O)OC(CC(F)(F)C(F)(F)C(F)(F)C(F)F)C(F)(F)C(F)(F)C(F)(F)C(F)F)S(=O)(=O)O.[NaH]. The first kappa shape index (κ1) is 39.9. The number of carbonyl (C=O) groups excluding carboxylic acids is 1. The zero-order valence-electron chi connectivity index (χ0n) is 17.1. The topological polar surface area (TPSA) is 118 Å². The number of hydrogen-bond donors (Lipinski definition) is 2. The van der Waals surface area contributed by atoms with Crippen LogP contribution in [0.3, 0.4) is 0 Å². The van der Waals surface area contributed by atoms with E-state index < -0.39 is 94.6 Å². The number of carbonyl (C=O) groups is 2. The van der Waals surface area contributed by atoms with Gasteiger partial charge in [0.05, 0.1) is 12.8 Å². The van der Waals surface area contributed by atoms with Gasteiger partial charge < -0.3 is 9.84 Å². The Labute approximate surface area is 226 Å². The van der Waals surface area contributed by atoms with Gasteiger partial charge in [-0.2, -0.15) is 61.1 Å². The summed E-state index contributed by atoms with van der Waals surface area (Å²) in [4.78, 5) is 22.2. The molecule has 2 N–H and O–H groups in total. The molecule has 0 aliphatic rings. The zero-order chi connectivity index (χ0) is 31.1. The number of halogens is 16. The second-order valence-corrected chi connectivity index (χ2v) is 8.65. The first-order chi connectivity index (χ1) is 16.4. The van der Waals surface area contributed by atoms with E-state index in [0.29, 0.717) is 0 Å². The van der Waals surface area contributed by atoms with Gasteiger partial charge >= 0.3 is 89.9 Å². The van der Waals surface area contributed by atoms with Crippen molar-refractivity contribution in [2.45, 2.75) is 72.6 Å². The molecule has 2 unspecified atom stereocenters. The van der Waals surface area contributed by atoms with E-state index in [-0.39, 0.29) is 29.6 Å². The van der Waals surface area contributed by atoms with E-state index in [1.165, 1.54) is 0 Å². The number of esters is 1. The summed E-state index contributed by atoms with van der Waals surface area (Å²) in [7, 11) is -6.24. The van der Waals surface area contributed by atoms with E-state index in [1.54, 1.807) is 0 Å². The van der Waals surface area contributed by atoms with Crippen LogP contribution in [0.1, 0.15) is 12.8 Å². The maximum absolute atomic E-state index is 14.2. The number of ether oxygens (including phenoxy) is 1. The van der Waals surface area contributed by atoms with Crippen molar-refractivity contribution in [3.63, 3.8) is 0 Å². The van der Waals surface area contributed by atoms with Gasteiger partial charge in [-0.1, -0.05) is 0 Å². The first-order valence-corrected chi connectivity index (χ1v) is 10.1. The van der Waals surface area contributed by atoms with Gasteiger partial charge in [0.15, 0.2) is 11.4 Å². The van der Waals surface area contributed by atoms with Crippen LogP contribution in [-0.4, -0.2) is 119 Å². The first-order valence-electron chi connectivity index (χ1n) is 8.64. The second kappa shape index (κ2) is 12.3. The van der Waals surface area contributed by atoms with Crippen LogP contribution in [0.25, 0.3) is 0 Å². The van der Waals surface area contributed by atoms with Gasteiger partial charge in [0.1, 0.15) is 0 Å². The number of carboxylic acids is 1. The van der Waals surface area contributed by atoms with Gasteiger partial charge in [0, 0.05) is 0 Å². The Morgan fingerprint density at radius 1 is 0.718 bits per heavy atom. The molecule has 0 rings (SSSR count). The molecule has 0 aromatic heterocycles. The van der Waals surface area contributed by atoms with Crippen LogP contribution in [0.5, 0.6) is 0 Å². The van der Waals surface area contributed by atoms with Crippen LogP contribution < -0.4 is 0 Å². The molecule has 0 heterocycles. The van der Waals surface area contributed by atoms with Crippen molar-refractivity contribution in [1.29, 1.82) is 0 Å². The van der Waals surface area contributed by atoms with E-state index in [1.807, 2.05) is 0 Å². The molecule has 25 heteroatoms. The summed E-state index contributed by atoms with van der Waals surface area (Å²) in [5, 5.41) is 4.61. The van der Waals surface area contributed by atoms with Crippen molar-refractivity contribution < 1.29 is 103 Å². The Kier molecular flexibility index (Phi) is 12.6. The quantitative estimate of drug-likeness (QED) is 0.128. The van der Waals surface area contributed by atoms with E-state index in [0.717, 1.165) is 0 Å². The Hall–Kier alpha value is -1.27. The van der Waals surface area contributed by atoms with E-state index in [4.69, 9.17) is 9.66 Å². The summed E-state index contributed by atoms with van der Waals surface area (Å²) in [5.41, 5.74) is 0. The third kappa shape index (κ3) is 7.72. The molecule has 0 fully saturated rings. The molecule has 0 bridgehead atoms. The fourth-order valence-corrected chi connectivity index (χ4v) is 2.88. The van der Waals surface area contributed by atoms with E-state index >= 15 is 0 Å². The molecule has 0 saturated carbocycles. The summed E-state index contributed by atoms with van der Waals surface area (Å²) in [6.45, 7) is 0. The Balaban J connectivity index is 0. The van der Waals surface area contributed by atoms with Crippen molar-refractivity contribution in [1.82, 2.24) is 0 Å². The van der Waals surface area contributed by atoms with Crippen LogP contribution in [0.15, 0.2) is 0 Å². The summed E-state index contributed by atoms with van der Waals surface area (Å²) in [5.74, 6) is -50.4. The molecule has 228 valence electrons. The van der Waals surface area contributed by atoms with Crippen LogP contribution in [-0.2, 0) is 24.4 Å². The van der Waals surface area contributed by atoms with Gasteiger partial charge in [-0.15, -0.1) is 0 Å². The molecule has 0 radical (unpaired) electrons. The minimum absolute atomic E-state index is 0. The van der Waals surface area contributed by atoms with Crippen molar-refractivity contribution >= 4 is 51.6 Å². The number of carboxylic acid groups (broad SMARTS) is 1. The number of alkyl halides is 16. The van der Waals surface area contributed by atoms with Crippen LogP contribution in [0.4, 0.5) is 70.2 Å². The van der Waals surface area contributed by atoms with Crippen molar-refractivity contribution in [2.24, 2.45) is 0 Å². The Morgan fingerprint density at radius 2 is 1.08 bits per heavy atom. The van der Waals surface area contributed by atoms with Gasteiger partial charge in [0.25, 0.3) is 10.1 Å². The third-order valence-corrected chi connectivity index (χ3v) is 5.43. The van der Waals surface area contributed by atoms with Crippen molar-refractivity contribution in [3.05, 3.63) is 0 Å². The van der Waals surface area contributed by atoms with E-state index in [9.17, 15) is 88.3 Å². The fraction of sp³-hybridized carbons (Fsp3) is 0.857. The van der Waals surface area contributed by atoms with Crippen molar-refractivity contribution in [2.75, 3.05) is 0 Å². The molecule has 39 heavy (non-hydrogen) atoms. The standard InChI is InChI=1S/C14H10F16O7S.Na.H/c15-7(16)11(23,24)13(27,28)9(19,20)2-4(10(21,22)14(29,30)12(25,26)8(17)18)37-6(33)3(1-5(31)32)38(34,35)36;;/h3-4,7-8H,1-2H2,(H,31,32)(H,34,35,36);;. The van der Waals surface area contributed by atoms with Gasteiger partial charge in [-0.3, -0.25) is 14.1 Å².